The summed E-state index contributed by atoms with van der Waals surface area (Å²) < 4.78 is 16.1. The van der Waals surface area contributed by atoms with Crippen LogP contribution in [0.3, 0.4) is 0 Å². The molecule has 3 aromatic rings. The van der Waals surface area contributed by atoms with Crippen LogP contribution in [0.4, 0.5) is 0 Å². The number of hydrogen-bond donors (Lipinski definition) is 2. The van der Waals surface area contributed by atoms with E-state index in [2.05, 4.69) is 15.0 Å². The zero-order valence-corrected chi connectivity index (χ0v) is 18.6. The Hall–Kier alpha value is -4.33. The van der Waals surface area contributed by atoms with Crippen LogP contribution < -0.4 is 25.7 Å². The maximum Gasteiger partial charge on any atom is 0.317 e. The molecule has 8 heteroatoms. The van der Waals surface area contributed by atoms with Crippen molar-refractivity contribution in [2.24, 2.45) is 16.5 Å². The predicted octanol–water partition coefficient (Wildman–Crippen LogP) is 3.49. The van der Waals surface area contributed by atoms with Gasteiger partial charge in [-0.15, -0.1) is 0 Å². The van der Waals surface area contributed by atoms with Gasteiger partial charge in [0, 0.05) is 0 Å². The fourth-order valence-electron chi connectivity index (χ4n) is 2.80. The molecule has 0 aliphatic heterocycles. The third kappa shape index (κ3) is 7.70. The van der Waals surface area contributed by atoms with Crippen molar-refractivity contribution in [3.63, 3.8) is 0 Å². The van der Waals surface area contributed by atoms with Gasteiger partial charge < -0.3 is 25.7 Å². The first kappa shape index (κ1) is 23.3. The quantitative estimate of drug-likeness (QED) is 0.279. The molecule has 0 aliphatic carbocycles. The van der Waals surface area contributed by atoms with Gasteiger partial charge in [0.1, 0.15) is 18.1 Å². The van der Waals surface area contributed by atoms with Gasteiger partial charge in [-0.25, -0.2) is 0 Å². The minimum atomic E-state index is 0.0128. The lowest BCUT2D eigenvalue weighted by molar-refractivity contribution is 0.302. The van der Waals surface area contributed by atoms with E-state index in [4.69, 9.17) is 25.7 Å². The van der Waals surface area contributed by atoms with Crippen LogP contribution >= 0.6 is 0 Å². The lowest BCUT2D eigenvalue weighted by Gasteiger charge is -2.06. The van der Waals surface area contributed by atoms with Crippen LogP contribution in [0, 0.1) is 0 Å². The molecule has 4 N–H and O–H groups in total. The van der Waals surface area contributed by atoms with Gasteiger partial charge in [0.05, 0.1) is 32.2 Å². The molecule has 170 valence electrons. The van der Waals surface area contributed by atoms with E-state index >= 15 is 0 Å². The maximum atomic E-state index is 5.66. The van der Waals surface area contributed by atoms with Crippen LogP contribution in [0.25, 0.3) is 24.3 Å². The minimum absolute atomic E-state index is 0.0128. The largest absolute Gasteiger partial charge is 0.497 e. The molecule has 0 saturated heterocycles. The van der Waals surface area contributed by atoms with Crippen LogP contribution in [-0.4, -0.2) is 43.3 Å². The van der Waals surface area contributed by atoms with Gasteiger partial charge in [-0.3, -0.25) is 4.99 Å². The zero-order chi connectivity index (χ0) is 23.5. The van der Waals surface area contributed by atoms with Crippen LogP contribution in [0.2, 0.25) is 0 Å². The summed E-state index contributed by atoms with van der Waals surface area (Å²) in [5.41, 5.74) is 14.1. The molecule has 8 nitrogen and oxygen atoms in total. The summed E-state index contributed by atoms with van der Waals surface area (Å²) in [4.78, 5) is 12.8. The van der Waals surface area contributed by atoms with E-state index in [1.54, 1.807) is 14.2 Å². The van der Waals surface area contributed by atoms with E-state index in [0.29, 0.717) is 17.9 Å². The number of aromatic nitrogens is 2. The van der Waals surface area contributed by atoms with E-state index in [1.165, 1.54) is 0 Å². The Bertz CT molecular complexity index is 1040. The average Bonchev–Trinajstić information content (AvgIpc) is 2.84. The Balaban J connectivity index is 1.81. The number of nitrogens with zero attached hydrogens (tertiary/aromatic N) is 3. The Morgan fingerprint density at radius 1 is 0.788 bits per heavy atom. The van der Waals surface area contributed by atoms with Crippen molar-refractivity contribution < 1.29 is 14.2 Å². The maximum absolute atomic E-state index is 5.66. The van der Waals surface area contributed by atoms with Crippen molar-refractivity contribution in [3.05, 3.63) is 77.1 Å². The summed E-state index contributed by atoms with van der Waals surface area (Å²) in [6, 6.07) is 17.6. The van der Waals surface area contributed by atoms with E-state index in [1.807, 2.05) is 78.9 Å². The molecule has 3 rings (SSSR count). The van der Waals surface area contributed by atoms with Crippen molar-refractivity contribution in [2.75, 3.05) is 27.4 Å². The number of ether oxygens (including phenoxy) is 3. The number of methoxy groups -OCH3 is 2. The second-order valence-electron chi connectivity index (χ2n) is 6.87. The van der Waals surface area contributed by atoms with Gasteiger partial charge in [0.25, 0.3) is 0 Å². The second-order valence-corrected chi connectivity index (χ2v) is 6.87. The van der Waals surface area contributed by atoms with Crippen molar-refractivity contribution in [3.8, 4) is 17.5 Å². The van der Waals surface area contributed by atoms with Crippen LogP contribution in [0.1, 0.15) is 22.5 Å². The average molecular weight is 446 g/mol. The highest BCUT2D eigenvalue weighted by Crippen LogP contribution is 2.17. The highest BCUT2D eigenvalue weighted by atomic mass is 16.5. The molecule has 0 bridgehead atoms. The summed E-state index contributed by atoms with van der Waals surface area (Å²) in [5, 5.41) is 0. The highest BCUT2D eigenvalue weighted by Gasteiger charge is 2.03. The number of rotatable bonds is 10. The molecule has 0 spiro atoms. The van der Waals surface area contributed by atoms with Gasteiger partial charge in [-0.05, 0) is 53.6 Å². The summed E-state index contributed by atoms with van der Waals surface area (Å²) in [6.45, 7) is 0.569. The van der Waals surface area contributed by atoms with E-state index in [-0.39, 0.29) is 18.6 Å². The fraction of sp³-hybridized carbons (Fsp3) is 0.160. The molecule has 1 aromatic heterocycles. The number of nitrogens with two attached hydrogens (primary N) is 2. The van der Waals surface area contributed by atoms with Crippen molar-refractivity contribution in [1.82, 2.24) is 9.97 Å². The molecule has 0 saturated carbocycles. The minimum Gasteiger partial charge on any atom is -0.497 e. The summed E-state index contributed by atoms with van der Waals surface area (Å²) >= 11 is 0. The number of aliphatic imine (C=N–C) groups is 1. The van der Waals surface area contributed by atoms with E-state index in [9.17, 15) is 0 Å². The SMILES string of the molecule is COc1ccc(C=Cc2cc(C=Cc3ccc(OC)cc3)nc(OCCN=C(N)N)n2)cc1. The monoisotopic (exact) mass is 445 g/mol. The Kier molecular flexibility index (Phi) is 8.41. The van der Waals surface area contributed by atoms with E-state index in [0.717, 1.165) is 22.6 Å². The first-order chi connectivity index (χ1) is 16.1. The zero-order valence-electron chi connectivity index (χ0n) is 18.6. The standard InChI is InChI=1S/C25H27N5O3/c1-31-22-11-5-18(6-12-22)3-9-20-17-21(10-4-19-7-13-23(32-2)14-8-19)30-25(29-20)33-16-15-28-24(26)27/h3-14,17H,15-16H2,1-2H3,(H4,26,27,28). The van der Waals surface area contributed by atoms with Crippen molar-refractivity contribution >= 4 is 30.3 Å². The normalized spacial score (nSPS) is 11.0. The summed E-state index contributed by atoms with van der Waals surface area (Å²) in [6.07, 6.45) is 7.72. The number of hydrogen-bond acceptors (Lipinski definition) is 6. The first-order valence-electron chi connectivity index (χ1n) is 10.3. The van der Waals surface area contributed by atoms with E-state index < -0.39 is 0 Å². The predicted molar refractivity (Wildman–Crippen MR) is 132 cm³/mol. The van der Waals surface area contributed by atoms with Gasteiger partial charge >= 0.3 is 6.01 Å². The van der Waals surface area contributed by atoms with Gasteiger partial charge in [0.2, 0.25) is 0 Å². The second kappa shape index (κ2) is 11.9. The molecule has 0 fully saturated rings. The first-order valence-corrected chi connectivity index (χ1v) is 10.3. The van der Waals surface area contributed by atoms with Gasteiger partial charge in [0.15, 0.2) is 5.96 Å². The van der Waals surface area contributed by atoms with Crippen molar-refractivity contribution in [1.29, 1.82) is 0 Å². The number of benzene rings is 2. The fourth-order valence-corrected chi connectivity index (χ4v) is 2.80. The lowest BCUT2D eigenvalue weighted by atomic mass is 10.1. The van der Waals surface area contributed by atoms with Crippen molar-refractivity contribution in [2.45, 2.75) is 0 Å². The van der Waals surface area contributed by atoms with Gasteiger partial charge in [-0.1, -0.05) is 36.4 Å². The summed E-state index contributed by atoms with van der Waals surface area (Å²) in [7, 11) is 3.28. The molecule has 0 atom stereocenters. The summed E-state index contributed by atoms with van der Waals surface area (Å²) in [5.74, 6) is 1.62. The van der Waals surface area contributed by atoms with Gasteiger partial charge in [-0.2, -0.15) is 9.97 Å². The smallest absolute Gasteiger partial charge is 0.317 e. The molecule has 2 aromatic carbocycles. The molecule has 1 heterocycles. The lowest BCUT2D eigenvalue weighted by Crippen LogP contribution is -2.23. The number of guanidine groups is 1. The third-order valence-electron chi connectivity index (χ3n) is 4.49. The Labute approximate surface area is 193 Å². The molecule has 0 aliphatic rings. The molecule has 0 unspecified atom stereocenters. The topological polar surface area (TPSA) is 118 Å². The molecule has 0 radical (unpaired) electrons. The highest BCUT2D eigenvalue weighted by molar-refractivity contribution is 5.75. The third-order valence-corrected chi connectivity index (χ3v) is 4.49. The molecular formula is C25H27N5O3. The Morgan fingerprint density at radius 3 is 1.70 bits per heavy atom. The van der Waals surface area contributed by atoms with Crippen LogP contribution in [0.5, 0.6) is 17.5 Å². The molecular weight excluding hydrogens is 418 g/mol. The molecule has 33 heavy (non-hydrogen) atoms. The van der Waals surface area contributed by atoms with Crippen LogP contribution in [0.15, 0.2) is 59.6 Å². The molecule has 0 amide bonds. The van der Waals surface area contributed by atoms with Crippen LogP contribution in [-0.2, 0) is 0 Å². The Morgan fingerprint density at radius 2 is 1.27 bits per heavy atom.